The summed E-state index contributed by atoms with van der Waals surface area (Å²) in [7, 11) is 0. The van der Waals surface area contributed by atoms with Gasteiger partial charge in [0.15, 0.2) is 0 Å². The number of nitrogens with zero attached hydrogens (tertiary/aromatic N) is 2. The molecule has 0 saturated heterocycles. The number of aromatic nitrogens is 2. The predicted molar refractivity (Wildman–Crippen MR) is 86.9 cm³/mol. The maximum atomic E-state index is 10.2. The van der Waals surface area contributed by atoms with Crippen LogP contribution < -0.4 is 10.6 Å². The summed E-state index contributed by atoms with van der Waals surface area (Å²) < 4.78 is 0. The van der Waals surface area contributed by atoms with Gasteiger partial charge in [0.1, 0.15) is 17.5 Å². The second-order valence-corrected chi connectivity index (χ2v) is 7.08. The summed E-state index contributed by atoms with van der Waals surface area (Å²) in [5.41, 5.74) is 0.340. The highest BCUT2D eigenvalue weighted by atomic mass is 16.3. The van der Waals surface area contributed by atoms with Gasteiger partial charge in [0, 0.05) is 24.1 Å². The molecule has 21 heavy (non-hydrogen) atoms. The molecule has 1 saturated carbocycles. The van der Waals surface area contributed by atoms with Crippen molar-refractivity contribution in [2.24, 2.45) is 0 Å². The topological polar surface area (TPSA) is 70.1 Å². The number of aliphatic hydroxyl groups is 1. The number of rotatable bonds is 5. The minimum absolute atomic E-state index is 0.109. The van der Waals surface area contributed by atoms with Crippen molar-refractivity contribution >= 4 is 11.6 Å². The molecule has 0 bridgehead atoms. The van der Waals surface area contributed by atoms with Gasteiger partial charge in [-0.2, -0.15) is 0 Å². The van der Waals surface area contributed by atoms with Crippen LogP contribution in [-0.4, -0.2) is 33.8 Å². The van der Waals surface area contributed by atoms with Crippen LogP contribution in [0.5, 0.6) is 0 Å². The van der Waals surface area contributed by atoms with Crippen LogP contribution in [0.15, 0.2) is 0 Å². The molecule has 3 N–H and O–H groups in total. The molecule has 1 aliphatic rings. The van der Waals surface area contributed by atoms with Crippen molar-refractivity contribution in [2.75, 3.05) is 23.7 Å². The lowest BCUT2D eigenvalue weighted by atomic mass is 9.80. The third kappa shape index (κ3) is 3.64. The van der Waals surface area contributed by atoms with E-state index in [1.54, 1.807) is 0 Å². The Morgan fingerprint density at radius 3 is 2.14 bits per heavy atom. The average molecular weight is 292 g/mol. The predicted octanol–water partition coefficient (Wildman–Crippen LogP) is 2.84. The van der Waals surface area contributed by atoms with Crippen LogP contribution in [0, 0.1) is 6.92 Å². The number of hydrogen-bond donors (Lipinski definition) is 3. The van der Waals surface area contributed by atoms with Crippen molar-refractivity contribution < 1.29 is 5.11 Å². The quantitative estimate of drug-likeness (QED) is 0.778. The third-order valence-electron chi connectivity index (χ3n) is 4.03. The van der Waals surface area contributed by atoms with Crippen LogP contribution in [0.4, 0.5) is 11.6 Å². The lowest BCUT2D eigenvalue weighted by molar-refractivity contribution is -0.0202. The molecule has 1 aromatic heterocycles. The van der Waals surface area contributed by atoms with Gasteiger partial charge in [0.25, 0.3) is 0 Å². The molecule has 0 aliphatic heterocycles. The van der Waals surface area contributed by atoms with Crippen molar-refractivity contribution in [2.45, 2.75) is 64.9 Å². The lowest BCUT2D eigenvalue weighted by Crippen LogP contribution is -2.43. The summed E-state index contributed by atoms with van der Waals surface area (Å²) in [5, 5.41) is 16.9. The first-order valence-corrected chi connectivity index (χ1v) is 7.84. The second kappa shape index (κ2) is 5.79. The molecule has 1 heterocycles. The Morgan fingerprint density at radius 1 is 1.14 bits per heavy atom. The zero-order valence-electron chi connectivity index (χ0n) is 13.9. The van der Waals surface area contributed by atoms with E-state index in [0.29, 0.717) is 6.54 Å². The molecule has 0 spiro atoms. The maximum absolute atomic E-state index is 10.2. The van der Waals surface area contributed by atoms with Crippen LogP contribution in [0.2, 0.25) is 0 Å². The SMILES string of the molecule is CCNc1nc(C(C)(C)C)nc(NCC2(O)CCC2)c1C. The van der Waals surface area contributed by atoms with Gasteiger partial charge < -0.3 is 15.7 Å². The summed E-state index contributed by atoms with van der Waals surface area (Å²) in [6.07, 6.45) is 2.85. The van der Waals surface area contributed by atoms with E-state index in [9.17, 15) is 5.11 Å². The van der Waals surface area contributed by atoms with Crippen molar-refractivity contribution in [3.05, 3.63) is 11.4 Å². The number of hydrogen-bond acceptors (Lipinski definition) is 5. The van der Waals surface area contributed by atoms with E-state index in [1.165, 1.54) is 0 Å². The van der Waals surface area contributed by atoms with Gasteiger partial charge in [0.2, 0.25) is 0 Å². The van der Waals surface area contributed by atoms with E-state index in [4.69, 9.17) is 0 Å². The molecule has 2 rings (SSSR count). The highest BCUT2D eigenvalue weighted by molar-refractivity contribution is 5.57. The Kier molecular flexibility index (Phi) is 4.42. The molecule has 0 amide bonds. The Labute approximate surface area is 127 Å². The fourth-order valence-electron chi connectivity index (χ4n) is 2.37. The molecule has 5 nitrogen and oxygen atoms in total. The van der Waals surface area contributed by atoms with E-state index in [1.807, 2.05) is 6.92 Å². The third-order valence-corrected chi connectivity index (χ3v) is 4.03. The molecular weight excluding hydrogens is 264 g/mol. The minimum Gasteiger partial charge on any atom is -0.388 e. The molecular formula is C16H28N4O. The smallest absolute Gasteiger partial charge is 0.138 e. The normalized spacial score (nSPS) is 17.2. The Balaban J connectivity index is 2.27. The maximum Gasteiger partial charge on any atom is 0.138 e. The first-order chi connectivity index (χ1) is 9.75. The Morgan fingerprint density at radius 2 is 1.71 bits per heavy atom. The second-order valence-electron chi connectivity index (χ2n) is 7.08. The van der Waals surface area contributed by atoms with Gasteiger partial charge in [0.05, 0.1) is 5.60 Å². The summed E-state index contributed by atoms with van der Waals surface area (Å²) in [6, 6.07) is 0. The van der Waals surface area contributed by atoms with Crippen LogP contribution >= 0.6 is 0 Å². The lowest BCUT2D eigenvalue weighted by Gasteiger charge is -2.37. The average Bonchev–Trinajstić information content (AvgIpc) is 2.36. The summed E-state index contributed by atoms with van der Waals surface area (Å²) in [4.78, 5) is 9.32. The van der Waals surface area contributed by atoms with Crippen LogP contribution in [0.3, 0.4) is 0 Å². The monoisotopic (exact) mass is 292 g/mol. The first kappa shape index (κ1) is 16.0. The highest BCUT2D eigenvalue weighted by Crippen LogP contribution is 2.32. The van der Waals surface area contributed by atoms with E-state index in [0.717, 1.165) is 48.8 Å². The zero-order chi connectivity index (χ0) is 15.7. The van der Waals surface area contributed by atoms with Crippen molar-refractivity contribution in [3.63, 3.8) is 0 Å². The van der Waals surface area contributed by atoms with E-state index in [2.05, 4.69) is 48.3 Å². The minimum atomic E-state index is -0.558. The van der Waals surface area contributed by atoms with Crippen LogP contribution in [-0.2, 0) is 5.41 Å². The molecule has 1 aromatic rings. The number of anilines is 2. The molecule has 0 aromatic carbocycles. The molecule has 1 aliphatic carbocycles. The Hall–Kier alpha value is -1.36. The summed E-state index contributed by atoms with van der Waals surface area (Å²) in [5.74, 6) is 2.51. The fourth-order valence-corrected chi connectivity index (χ4v) is 2.37. The van der Waals surface area contributed by atoms with Gasteiger partial charge in [-0.25, -0.2) is 9.97 Å². The van der Waals surface area contributed by atoms with Gasteiger partial charge in [-0.1, -0.05) is 20.8 Å². The van der Waals surface area contributed by atoms with E-state index in [-0.39, 0.29) is 5.41 Å². The zero-order valence-corrected chi connectivity index (χ0v) is 13.9. The van der Waals surface area contributed by atoms with E-state index < -0.39 is 5.60 Å². The highest BCUT2D eigenvalue weighted by Gasteiger charge is 2.34. The van der Waals surface area contributed by atoms with Crippen LogP contribution in [0.1, 0.15) is 58.3 Å². The van der Waals surface area contributed by atoms with Gasteiger partial charge in [-0.15, -0.1) is 0 Å². The van der Waals surface area contributed by atoms with Crippen molar-refractivity contribution in [1.82, 2.24) is 9.97 Å². The first-order valence-electron chi connectivity index (χ1n) is 7.84. The van der Waals surface area contributed by atoms with Gasteiger partial charge >= 0.3 is 0 Å². The molecule has 118 valence electrons. The van der Waals surface area contributed by atoms with Gasteiger partial charge in [-0.05, 0) is 33.1 Å². The summed E-state index contributed by atoms with van der Waals surface area (Å²) in [6.45, 7) is 11.8. The van der Waals surface area contributed by atoms with E-state index >= 15 is 0 Å². The molecule has 0 atom stereocenters. The standard InChI is InChI=1S/C16H28N4O/c1-6-17-12-11(2)13(18-10-16(21)8-7-9-16)20-14(19-12)15(3,4)5/h21H,6-10H2,1-5H3,(H2,17,18,19,20). The van der Waals surface area contributed by atoms with Crippen molar-refractivity contribution in [1.29, 1.82) is 0 Å². The largest absolute Gasteiger partial charge is 0.388 e. The number of nitrogens with one attached hydrogen (secondary N) is 2. The van der Waals surface area contributed by atoms with Crippen LogP contribution in [0.25, 0.3) is 0 Å². The fraction of sp³-hybridized carbons (Fsp3) is 0.750. The Bertz CT molecular complexity index is 504. The van der Waals surface area contributed by atoms with Crippen molar-refractivity contribution in [3.8, 4) is 0 Å². The molecule has 0 radical (unpaired) electrons. The molecule has 0 unspecified atom stereocenters. The summed E-state index contributed by atoms with van der Waals surface area (Å²) >= 11 is 0. The molecule has 1 fully saturated rings. The van der Waals surface area contributed by atoms with Gasteiger partial charge in [-0.3, -0.25) is 0 Å². The molecule has 5 heteroatoms.